The number of nitrogens with zero attached hydrogens (tertiary/aromatic N) is 1. The molecule has 0 radical (unpaired) electrons. The number of thioether (sulfide) groups is 1. The summed E-state index contributed by atoms with van der Waals surface area (Å²) in [6.07, 6.45) is 5.03. The molecule has 2 unspecified atom stereocenters. The number of nitrogens with one attached hydrogen (secondary N) is 2. The molecule has 0 aromatic heterocycles. The van der Waals surface area contributed by atoms with E-state index in [-0.39, 0.29) is 0 Å². The molecule has 19 heavy (non-hydrogen) atoms. The highest BCUT2D eigenvalue weighted by Gasteiger charge is 2.32. The number of rotatable bonds is 4. The average molecular weight is 305 g/mol. The Hall–Kier alpha value is -0.270. The van der Waals surface area contributed by atoms with Crippen LogP contribution in [0.3, 0.4) is 0 Å². The fourth-order valence-electron chi connectivity index (χ4n) is 2.71. The van der Waals surface area contributed by atoms with Crippen molar-refractivity contribution >= 4 is 27.0 Å². The smallest absolute Gasteiger partial charge is 0.209 e. The summed E-state index contributed by atoms with van der Waals surface area (Å²) in [6, 6.07) is 0.575. The zero-order valence-electron chi connectivity index (χ0n) is 11.8. The van der Waals surface area contributed by atoms with Crippen LogP contribution >= 0.6 is 11.8 Å². The molecule has 2 fully saturated rings. The lowest BCUT2D eigenvalue weighted by Gasteiger charge is -2.29. The summed E-state index contributed by atoms with van der Waals surface area (Å²) in [4.78, 5) is 4.54. The van der Waals surface area contributed by atoms with Gasteiger partial charge in [0.2, 0.25) is 10.0 Å². The quantitative estimate of drug-likeness (QED) is 0.818. The van der Waals surface area contributed by atoms with Crippen molar-refractivity contribution in [3.05, 3.63) is 0 Å². The van der Waals surface area contributed by atoms with E-state index in [1.165, 1.54) is 25.5 Å². The van der Waals surface area contributed by atoms with Crippen molar-refractivity contribution in [1.82, 2.24) is 10.0 Å². The van der Waals surface area contributed by atoms with Crippen LogP contribution in [0.2, 0.25) is 0 Å². The maximum atomic E-state index is 11.3. The average Bonchev–Trinajstić information content (AvgIpc) is 2.70. The van der Waals surface area contributed by atoms with Crippen LogP contribution in [-0.2, 0) is 10.0 Å². The van der Waals surface area contributed by atoms with Crippen LogP contribution in [0, 0.1) is 5.92 Å². The van der Waals surface area contributed by atoms with Crippen molar-refractivity contribution in [2.24, 2.45) is 10.9 Å². The predicted molar refractivity (Wildman–Crippen MR) is 81.1 cm³/mol. The lowest BCUT2D eigenvalue weighted by Crippen LogP contribution is -2.46. The van der Waals surface area contributed by atoms with Crippen molar-refractivity contribution in [2.45, 2.75) is 44.7 Å². The maximum absolute atomic E-state index is 11.3. The van der Waals surface area contributed by atoms with Crippen molar-refractivity contribution < 1.29 is 8.42 Å². The first-order valence-corrected chi connectivity index (χ1v) is 9.56. The third-order valence-electron chi connectivity index (χ3n) is 3.48. The minimum Gasteiger partial charge on any atom is -0.362 e. The number of amidine groups is 1. The molecule has 0 spiro atoms. The second kappa shape index (κ2) is 5.61. The van der Waals surface area contributed by atoms with Crippen LogP contribution in [0.15, 0.2) is 4.99 Å². The van der Waals surface area contributed by atoms with Gasteiger partial charge in [-0.15, -0.1) is 0 Å². The number of sulfonamides is 1. The second-order valence-corrected chi connectivity index (χ2v) is 8.89. The fraction of sp³-hybridized carbons (Fsp3) is 0.917. The highest BCUT2D eigenvalue weighted by Crippen LogP contribution is 2.32. The Kier molecular flexibility index (Phi) is 4.47. The topological polar surface area (TPSA) is 70.6 Å². The molecular weight excluding hydrogens is 282 g/mol. The van der Waals surface area contributed by atoms with Gasteiger partial charge in [0.1, 0.15) is 0 Å². The molecule has 2 N–H and O–H groups in total. The summed E-state index contributed by atoms with van der Waals surface area (Å²) < 4.78 is 25.1. The largest absolute Gasteiger partial charge is 0.362 e. The SMILES string of the molecule is CC(C)(CN=C1NC2CCCC2CS1)NS(C)(=O)=O. The molecule has 1 aliphatic heterocycles. The van der Waals surface area contributed by atoms with Gasteiger partial charge in [-0.1, -0.05) is 18.2 Å². The highest BCUT2D eigenvalue weighted by atomic mass is 32.2. The molecule has 110 valence electrons. The predicted octanol–water partition coefficient (Wildman–Crippen LogP) is 1.18. The zero-order valence-corrected chi connectivity index (χ0v) is 13.4. The maximum Gasteiger partial charge on any atom is 0.209 e. The van der Waals surface area contributed by atoms with Crippen molar-refractivity contribution in [3.63, 3.8) is 0 Å². The molecule has 1 heterocycles. The minimum absolute atomic E-state index is 0.451. The summed E-state index contributed by atoms with van der Waals surface area (Å²) in [6.45, 7) is 4.15. The molecule has 2 aliphatic rings. The molecule has 1 saturated carbocycles. The van der Waals surface area contributed by atoms with Crippen LogP contribution < -0.4 is 10.0 Å². The van der Waals surface area contributed by atoms with Crippen molar-refractivity contribution in [1.29, 1.82) is 0 Å². The molecule has 1 saturated heterocycles. The Morgan fingerprint density at radius 3 is 2.89 bits per heavy atom. The number of fused-ring (bicyclic) bond motifs is 1. The van der Waals surface area contributed by atoms with Crippen LogP contribution in [0.5, 0.6) is 0 Å². The lowest BCUT2D eigenvalue weighted by atomic mass is 10.1. The minimum atomic E-state index is -3.20. The van der Waals surface area contributed by atoms with E-state index < -0.39 is 15.6 Å². The fourth-order valence-corrected chi connectivity index (χ4v) is 4.94. The molecule has 1 aliphatic carbocycles. The van der Waals surface area contributed by atoms with Gasteiger partial charge < -0.3 is 5.32 Å². The standard InChI is InChI=1S/C12H23N3O2S2/c1-12(2,15-19(3,16)17)8-13-11-14-10-6-4-5-9(10)7-18-11/h9-10,15H,4-8H2,1-3H3,(H,13,14). The molecule has 7 heteroatoms. The van der Waals surface area contributed by atoms with Gasteiger partial charge in [0.15, 0.2) is 5.17 Å². The van der Waals surface area contributed by atoms with Crippen molar-refractivity contribution in [3.8, 4) is 0 Å². The summed E-state index contributed by atoms with van der Waals surface area (Å²) in [5, 5.41) is 4.45. The Labute approximate surface area is 120 Å². The van der Waals surface area contributed by atoms with E-state index in [0.29, 0.717) is 12.6 Å². The summed E-state index contributed by atoms with van der Waals surface area (Å²) in [5.41, 5.74) is -0.546. The van der Waals surface area contributed by atoms with Gasteiger partial charge in [0, 0.05) is 17.3 Å². The lowest BCUT2D eigenvalue weighted by molar-refractivity contribution is 0.461. The molecule has 5 nitrogen and oxygen atoms in total. The summed E-state index contributed by atoms with van der Waals surface area (Å²) in [7, 11) is -3.20. The number of hydrogen-bond acceptors (Lipinski definition) is 4. The Balaban J connectivity index is 1.91. The summed E-state index contributed by atoms with van der Waals surface area (Å²) in [5.74, 6) is 1.92. The monoisotopic (exact) mass is 305 g/mol. The summed E-state index contributed by atoms with van der Waals surface area (Å²) >= 11 is 1.76. The Morgan fingerprint density at radius 2 is 2.21 bits per heavy atom. The van der Waals surface area contributed by atoms with Crippen molar-refractivity contribution in [2.75, 3.05) is 18.6 Å². The first-order chi connectivity index (χ1) is 8.75. The third kappa shape index (κ3) is 4.65. The van der Waals surface area contributed by atoms with Crippen LogP contribution in [0.4, 0.5) is 0 Å². The van der Waals surface area contributed by atoms with Crippen LogP contribution in [-0.4, -0.2) is 43.7 Å². The van der Waals surface area contributed by atoms with Gasteiger partial charge in [0.05, 0.1) is 12.8 Å². The van der Waals surface area contributed by atoms with Crippen LogP contribution in [0.25, 0.3) is 0 Å². The van der Waals surface area contributed by atoms with E-state index in [4.69, 9.17) is 0 Å². The molecular formula is C12H23N3O2S2. The van der Waals surface area contributed by atoms with E-state index in [1.54, 1.807) is 11.8 Å². The normalized spacial score (nSPS) is 30.2. The van der Waals surface area contributed by atoms with Gasteiger partial charge in [-0.05, 0) is 32.6 Å². The van der Waals surface area contributed by atoms with Gasteiger partial charge >= 0.3 is 0 Å². The van der Waals surface area contributed by atoms with Crippen LogP contribution in [0.1, 0.15) is 33.1 Å². The highest BCUT2D eigenvalue weighted by molar-refractivity contribution is 8.13. The first kappa shape index (κ1) is 15.1. The Bertz CT molecular complexity index is 460. The molecule has 0 aromatic carbocycles. The van der Waals surface area contributed by atoms with E-state index >= 15 is 0 Å². The van der Waals surface area contributed by atoms with E-state index in [2.05, 4.69) is 15.0 Å². The van der Waals surface area contributed by atoms with Gasteiger partial charge in [-0.3, -0.25) is 4.99 Å². The molecule has 0 amide bonds. The Morgan fingerprint density at radius 1 is 1.47 bits per heavy atom. The van der Waals surface area contributed by atoms with Gasteiger partial charge in [0.25, 0.3) is 0 Å². The molecule has 0 bridgehead atoms. The van der Waals surface area contributed by atoms with Gasteiger partial charge in [-0.2, -0.15) is 0 Å². The second-order valence-electron chi connectivity index (χ2n) is 6.13. The van der Waals surface area contributed by atoms with E-state index in [9.17, 15) is 8.42 Å². The molecule has 2 atom stereocenters. The first-order valence-electron chi connectivity index (χ1n) is 6.68. The number of hydrogen-bond donors (Lipinski definition) is 2. The van der Waals surface area contributed by atoms with E-state index in [0.717, 1.165) is 16.8 Å². The number of aliphatic imine (C=N–C) groups is 1. The molecule has 0 aromatic rings. The van der Waals surface area contributed by atoms with Gasteiger partial charge in [-0.25, -0.2) is 13.1 Å². The zero-order chi connectivity index (χ0) is 14.1. The van der Waals surface area contributed by atoms with E-state index in [1.807, 2.05) is 13.8 Å². The third-order valence-corrected chi connectivity index (χ3v) is 5.52. The molecule has 2 rings (SSSR count).